The predicted octanol–water partition coefficient (Wildman–Crippen LogP) is 4.20. The summed E-state index contributed by atoms with van der Waals surface area (Å²) in [5, 5.41) is 3.25. The van der Waals surface area contributed by atoms with Gasteiger partial charge in [0.15, 0.2) is 5.69 Å². The first kappa shape index (κ1) is 18.2. The average molecular weight is 383 g/mol. The van der Waals surface area contributed by atoms with E-state index >= 15 is 0 Å². The summed E-state index contributed by atoms with van der Waals surface area (Å²) in [6.07, 6.45) is 4.30. The fraction of sp³-hybridized carbons (Fsp3) is 0.0455. The number of nitrogens with one attached hydrogen (secondary N) is 1. The molecule has 142 valence electrons. The Labute approximate surface area is 167 Å². The van der Waals surface area contributed by atoms with Crippen LogP contribution in [0.5, 0.6) is 5.75 Å². The number of aromatic nitrogens is 4. The second kappa shape index (κ2) is 8.26. The van der Waals surface area contributed by atoms with Crippen LogP contribution < -0.4 is 10.1 Å². The van der Waals surface area contributed by atoms with E-state index in [1.54, 1.807) is 24.3 Å². The Morgan fingerprint density at radius 3 is 2.48 bits per heavy atom. The summed E-state index contributed by atoms with van der Waals surface area (Å²) in [7, 11) is 0. The molecule has 29 heavy (non-hydrogen) atoms. The van der Waals surface area contributed by atoms with Crippen molar-refractivity contribution in [2.45, 2.75) is 6.92 Å². The van der Waals surface area contributed by atoms with Gasteiger partial charge in [-0.05, 0) is 31.2 Å². The monoisotopic (exact) mass is 383 g/mol. The smallest absolute Gasteiger partial charge is 0.363 e. The molecule has 4 aromatic rings. The van der Waals surface area contributed by atoms with Crippen LogP contribution in [0.15, 0.2) is 79.3 Å². The Hall–Kier alpha value is -4.13. The topological polar surface area (TPSA) is 89.9 Å². The Bertz CT molecular complexity index is 1120. The SMILES string of the molecule is Cc1nc(Nc2ccc(OC(=O)c3cnccn3)cc2)cc(-c2ccccc2)n1. The number of nitrogens with zero attached hydrogens (tertiary/aromatic N) is 4. The molecule has 1 N–H and O–H groups in total. The molecular formula is C22H17N5O2. The van der Waals surface area contributed by atoms with Crippen molar-refractivity contribution in [2.24, 2.45) is 0 Å². The van der Waals surface area contributed by atoms with Gasteiger partial charge in [-0.3, -0.25) is 4.98 Å². The normalized spacial score (nSPS) is 10.4. The minimum atomic E-state index is -0.558. The van der Waals surface area contributed by atoms with E-state index in [2.05, 4.69) is 25.3 Å². The highest BCUT2D eigenvalue weighted by molar-refractivity contribution is 5.88. The number of aryl methyl sites for hydroxylation is 1. The maximum Gasteiger partial charge on any atom is 0.363 e. The van der Waals surface area contributed by atoms with Crippen LogP contribution in [0, 0.1) is 6.92 Å². The minimum absolute atomic E-state index is 0.152. The van der Waals surface area contributed by atoms with Crippen LogP contribution in [0.2, 0.25) is 0 Å². The Balaban J connectivity index is 1.48. The van der Waals surface area contributed by atoms with E-state index in [9.17, 15) is 4.79 Å². The number of carbonyl (C=O) groups excluding carboxylic acids is 1. The van der Waals surface area contributed by atoms with Crippen LogP contribution in [0.3, 0.4) is 0 Å². The standard InChI is InChI=1S/C22H17N5O2/c1-15-25-19(16-5-3-2-4-6-16)13-21(26-15)27-17-7-9-18(10-8-17)29-22(28)20-14-23-11-12-24-20/h2-14H,1H3,(H,25,26,27). The molecule has 0 amide bonds. The summed E-state index contributed by atoms with van der Waals surface area (Å²) in [6.45, 7) is 1.85. The van der Waals surface area contributed by atoms with E-state index in [1.807, 2.05) is 43.3 Å². The van der Waals surface area contributed by atoms with E-state index in [0.29, 0.717) is 17.4 Å². The number of hydrogen-bond donors (Lipinski definition) is 1. The summed E-state index contributed by atoms with van der Waals surface area (Å²) < 4.78 is 5.31. The van der Waals surface area contributed by atoms with E-state index < -0.39 is 5.97 Å². The maximum atomic E-state index is 12.0. The molecule has 7 heteroatoms. The highest BCUT2D eigenvalue weighted by Gasteiger charge is 2.10. The van der Waals surface area contributed by atoms with Gasteiger partial charge in [-0.2, -0.15) is 0 Å². The molecule has 0 spiro atoms. The summed E-state index contributed by atoms with van der Waals surface area (Å²) in [4.78, 5) is 28.8. The number of hydrogen-bond acceptors (Lipinski definition) is 7. The lowest BCUT2D eigenvalue weighted by Crippen LogP contribution is -2.10. The lowest BCUT2D eigenvalue weighted by atomic mass is 10.1. The van der Waals surface area contributed by atoms with Gasteiger partial charge in [0, 0.05) is 29.7 Å². The van der Waals surface area contributed by atoms with Gasteiger partial charge in [0.1, 0.15) is 17.4 Å². The maximum absolute atomic E-state index is 12.0. The number of carbonyl (C=O) groups is 1. The second-order valence-electron chi connectivity index (χ2n) is 6.18. The lowest BCUT2D eigenvalue weighted by molar-refractivity contribution is 0.0728. The molecule has 0 aliphatic carbocycles. The fourth-order valence-corrected chi connectivity index (χ4v) is 2.71. The molecule has 0 fully saturated rings. The van der Waals surface area contributed by atoms with Gasteiger partial charge in [-0.25, -0.2) is 19.7 Å². The van der Waals surface area contributed by atoms with Gasteiger partial charge >= 0.3 is 5.97 Å². The van der Waals surface area contributed by atoms with Crippen LogP contribution in [-0.2, 0) is 0 Å². The minimum Gasteiger partial charge on any atom is -0.422 e. The first-order valence-electron chi connectivity index (χ1n) is 8.94. The Morgan fingerprint density at radius 1 is 0.966 bits per heavy atom. The van der Waals surface area contributed by atoms with Crippen LogP contribution in [0.1, 0.15) is 16.3 Å². The molecule has 0 aliphatic rings. The van der Waals surface area contributed by atoms with Crippen molar-refractivity contribution in [3.63, 3.8) is 0 Å². The molecule has 4 rings (SSSR count). The summed E-state index contributed by atoms with van der Waals surface area (Å²) in [5.41, 5.74) is 2.82. The van der Waals surface area contributed by atoms with Crippen molar-refractivity contribution in [2.75, 3.05) is 5.32 Å². The molecule has 2 aromatic carbocycles. The third kappa shape index (κ3) is 4.59. The largest absolute Gasteiger partial charge is 0.422 e. The Kier molecular flexibility index (Phi) is 5.20. The van der Waals surface area contributed by atoms with Crippen molar-refractivity contribution >= 4 is 17.5 Å². The van der Waals surface area contributed by atoms with E-state index in [1.165, 1.54) is 18.6 Å². The van der Waals surface area contributed by atoms with Crippen molar-refractivity contribution in [1.29, 1.82) is 0 Å². The van der Waals surface area contributed by atoms with Gasteiger partial charge in [0.2, 0.25) is 0 Å². The lowest BCUT2D eigenvalue weighted by Gasteiger charge is -2.10. The number of ether oxygens (including phenoxy) is 1. The Morgan fingerprint density at radius 2 is 1.76 bits per heavy atom. The van der Waals surface area contributed by atoms with Crippen molar-refractivity contribution < 1.29 is 9.53 Å². The number of benzene rings is 2. The molecule has 0 saturated heterocycles. The second-order valence-corrected chi connectivity index (χ2v) is 6.18. The predicted molar refractivity (Wildman–Crippen MR) is 109 cm³/mol. The number of rotatable bonds is 5. The quantitative estimate of drug-likeness (QED) is 0.408. The zero-order valence-electron chi connectivity index (χ0n) is 15.6. The molecule has 0 radical (unpaired) electrons. The molecule has 0 aliphatic heterocycles. The fourth-order valence-electron chi connectivity index (χ4n) is 2.71. The van der Waals surface area contributed by atoms with Gasteiger partial charge in [-0.1, -0.05) is 30.3 Å². The van der Waals surface area contributed by atoms with Gasteiger partial charge in [0.05, 0.1) is 11.9 Å². The average Bonchev–Trinajstić information content (AvgIpc) is 2.76. The zero-order chi connectivity index (χ0) is 20.1. The third-order valence-electron chi connectivity index (χ3n) is 4.02. The number of anilines is 2. The van der Waals surface area contributed by atoms with Crippen molar-refractivity contribution in [3.8, 4) is 17.0 Å². The van der Waals surface area contributed by atoms with E-state index in [0.717, 1.165) is 16.9 Å². The molecule has 0 saturated carbocycles. The first-order valence-corrected chi connectivity index (χ1v) is 8.94. The zero-order valence-corrected chi connectivity index (χ0v) is 15.6. The van der Waals surface area contributed by atoms with Crippen molar-refractivity contribution in [3.05, 3.63) is 90.8 Å². The van der Waals surface area contributed by atoms with Crippen molar-refractivity contribution in [1.82, 2.24) is 19.9 Å². The molecular weight excluding hydrogens is 366 g/mol. The molecule has 2 heterocycles. The summed E-state index contributed by atoms with van der Waals surface area (Å²) in [6, 6.07) is 18.8. The highest BCUT2D eigenvalue weighted by atomic mass is 16.5. The van der Waals surface area contributed by atoms with E-state index in [4.69, 9.17) is 4.74 Å². The third-order valence-corrected chi connectivity index (χ3v) is 4.02. The van der Waals surface area contributed by atoms with E-state index in [-0.39, 0.29) is 5.69 Å². The van der Waals surface area contributed by atoms with Crippen LogP contribution in [-0.4, -0.2) is 25.9 Å². The van der Waals surface area contributed by atoms with Gasteiger partial charge in [0.25, 0.3) is 0 Å². The molecule has 2 aromatic heterocycles. The van der Waals surface area contributed by atoms with Gasteiger partial charge < -0.3 is 10.1 Å². The molecule has 7 nitrogen and oxygen atoms in total. The molecule has 0 atom stereocenters. The number of esters is 1. The first-order chi connectivity index (χ1) is 14.2. The molecule has 0 unspecified atom stereocenters. The van der Waals surface area contributed by atoms with Crippen LogP contribution in [0.25, 0.3) is 11.3 Å². The highest BCUT2D eigenvalue weighted by Crippen LogP contribution is 2.23. The summed E-state index contributed by atoms with van der Waals surface area (Å²) in [5.74, 6) is 1.21. The van der Waals surface area contributed by atoms with Gasteiger partial charge in [-0.15, -0.1) is 0 Å². The summed E-state index contributed by atoms with van der Waals surface area (Å²) >= 11 is 0. The molecule has 0 bridgehead atoms. The van der Waals surface area contributed by atoms with Crippen LogP contribution >= 0.6 is 0 Å². The van der Waals surface area contributed by atoms with Crippen LogP contribution in [0.4, 0.5) is 11.5 Å².